The number of anilines is 1. The van der Waals surface area contributed by atoms with Gasteiger partial charge >= 0.3 is 5.97 Å². The van der Waals surface area contributed by atoms with Crippen molar-refractivity contribution in [3.8, 4) is 5.75 Å². The molecule has 0 radical (unpaired) electrons. The maximum atomic E-state index is 11.9. The zero-order valence-corrected chi connectivity index (χ0v) is 21.2. The first-order valence-corrected chi connectivity index (χ1v) is 11.3. The van der Waals surface area contributed by atoms with Crippen LogP contribution in [0, 0.1) is 0 Å². The van der Waals surface area contributed by atoms with Crippen molar-refractivity contribution >= 4 is 45.0 Å². The molecule has 0 unspecified atom stereocenters. The molecule has 1 N–H and O–H groups in total. The van der Waals surface area contributed by atoms with Crippen molar-refractivity contribution in [1.29, 1.82) is 0 Å². The van der Waals surface area contributed by atoms with E-state index in [0.717, 1.165) is 21.0 Å². The molecule has 2 aromatic carbocycles. The number of hydrogen-bond acceptors (Lipinski definition) is 6. The second kappa shape index (κ2) is 12.4. The first-order valence-electron chi connectivity index (χ1n) is 10.5. The Morgan fingerprint density at radius 2 is 1.91 bits per heavy atom. The van der Waals surface area contributed by atoms with Crippen LogP contribution in [0.3, 0.4) is 0 Å². The predicted octanol–water partition coefficient (Wildman–Crippen LogP) is 5.88. The lowest BCUT2D eigenvalue weighted by atomic mass is 10.1. The number of carbonyl (C=O) groups is 2. The van der Waals surface area contributed by atoms with E-state index >= 15 is 0 Å². The monoisotopic (exact) mass is 519 g/mol. The van der Waals surface area contributed by atoms with E-state index in [9.17, 15) is 9.59 Å². The molecule has 0 atom stereocenters. The summed E-state index contributed by atoms with van der Waals surface area (Å²) >= 11 is 3.45. The first-order chi connectivity index (χ1) is 15.7. The summed E-state index contributed by atoms with van der Waals surface area (Å²) < 4.78 is 22.4. The van der Waals surface area contributed by atoms with E-state index in [2.05, 4.69) is 21.2 Å². The molecule has 0 bridgehead atoms. The summed E-state index contributed by atoms with van der Waals surface area (Å²) in [5.74, 6) is 0.0743. The Hall–Kier alpha value is -2.84. The number of amides is 1. The number of para-hydroxylation sites is 1. The molecule has 33 heavy (non-hydrogen) atoms. The van der Waals surface area contributed by atoms with Crippen molar-refractivity contribution in [1.82, 2.24) is 0 Å². The lowest BCUT2D eigenvalue weighted by Gasteiger charge is -2.15. The number of fused-ring (bicyclic) bond motifs is 1. The number of methoxy groups -OCH3 is 1. The fourth-order valence-electron chi connectivity index (χ4n) is 2.75. The van der Waals surface area contributed by atoms with E-state index in [0.29, 0.717) is 30.0 Å². The molecule has 3 rings (SSSR count). The fraction of sp³-hybridized carbons (Fsp3) is 0.360. The second-order valence-corrected chi connectivity index (χ2v) is 8.96. The predicted molar refractivity (Wildman–Crippen MR) is 131 cm³/mol. The van der Waals surface area contributed by atoms with E-state index in [1.54, 1.807) is 38.5 Å². The van der Waals surface area contributed by atoms with Crippen LogP contribution in [0.4, 0.5) is 5.69 Å². The molecule has 1 aromatic heterocycles. The maximum absolute atomic E-state index is 11.9. The summed E-state index contributed by atoms with van der Waals surface area (Å²) in [5, 5.41) is 3.54. The van der Waals surface area contributed by atoms with E-state index in [4.69, 9.17) is 18.6 Å². The van der Waals surface area contributed by atoms with Crippen molar-refractivity contribution in [2.45, 2.75) is 46.3 Å². The highest BCUT2D eigenvalue weighted by atomic mass is 79.9. The Bertz CT molecular complexity index is 1070. The van der Waals surface area contributed by atoms with Crippen LogP contribution in [0.1, 0.15) is 38.8 Å². The molecular formula is C25H30BrNO6. The minimum absolute atomic E-state index is 0.0417. The molecule has 0 aliphatic heterocycles. The topological polar surface area (TPSA) is 87.0 Å². The summed E-state index contributed by atoms with van der Waals surface area (Å²) in [6.07, 6.45) is 2.26. The van der Waals surface area contributed by atoms with Crippen LogP contribution in [0.2, 0.25) is 0 Å². The van der Waals surface area contributed by atoms with Gasteiger partial charge in [0.15, 0.2) is 0 Å². The third kappa shape index (κ3) is 8.22. The van der Waals surface area contributed by atoms with Gasteiger partial charge in [-0.1, -0.05) is 28.1 Å². The highest BCUT2D eigenvalue weighted by Crippen LogP contribution is 2.32. The molecule has 0 aliphatic carbocycles. The van der Waals surface area contributed by atoms with Gasteiger partial charge in [-0.3, -0.25) is 9.59 Å². The highest BCUT2D eigenvalue weighted by Gasteiger charge is 2.15. The van der Waals surface area contributed by atoms with Crippen molar-refractivity contribution in [3.63, 3.8) is 0 Å². The minimum Gasteiger partial charge on any atom is -0.486 e. The molecule has 0 spiro atoms. The van der Waals surface area contributed by atoms with Gasteiger partial charge in [-0.05, 0) is 52.0 Å². The van der Waals surface area contributed by atoms with Crippen LogP contribution >= 0.6 is 15.9 Å². The molecule has 1 heterocycles. The molecule has 0 aliphatic rings. The average molecular weight is 520 g/mol. The van der Waals surface area contributed by atoms with Gasteiger partial charge in [0, 0.05) is 28.1 Å². The Labute approximate surface area is 202 Å². The summed E-state index contributed by atoms with van der Waals surface area (Å²) in [6.45, 7) is 8.34. The highest BCUT2D eigenvalue weighted by molar-refractivity contribution is 9.10. The number of halogens is 1. The number of nitrogens with one attached hydrogen (secondary N) is 1. The minimum atomic E-state index is -0.358. The third-order valence-electron chi connectivity index (χ3n) is 4.55. The summed E-state index contributed by atoms with van der Waals surface area (Å²) in [6, 6.07) is 11.0. The number of benzene rings is 2. The number of furan rings is 1. The van der Waals surface area contributed by atoms with Crippen LogP contribution in [0.15, 0.2) is 51.6 Å². The second-order valence-electron chi connectivity index (χ2n) is 8.04. The Morgan fingerprint density at radius 1 is 1.18 bits per heavy atom. The van der Waals surface area contributed by atoms with Crippen LogP contribution in [0.5, 0.6) is 5.75 Å². The molecule has 0 saturated heterocycles. The van der Waals surface area contributed by atoms with Gasteiger partial charge in [0.1, 0.15) is 17.9 Å². The molecule has 0 fully saturated rings. The van der Waals surface area contributed by atoms with Crippen molar-refractivity contribution in [2.75, 3.05) is 19.0 Å². The Morgan fingerprint density at radius 3 is 2.55 bits per heavy atom. The molecule has 3 aromatic rings. The summed E-state index contributed by atoms with van der Waals surface area (Å²) in [5.41, 5.74) is 2.77. The van der Waals surface area contributed by atoms with Crippen LogP contribution in [-0.4, -0.2) is 31.7 Å². The quantitative estimate of drug-likeness (QED) is 0.295. The van der Waals surface area contributed by atoms with Gasteiger partial charge in [-0.15, -0.1) is 0 Å². The molecule has 1 amide bonds. The number of hydrogen-bond donors (Lipinski definition) is 1. The number of ether oxygens (including phenoxy) is 3. The number of carbonyl (C=O) groups excluding carboxylic acids is 2. The largest absolute Gasteiger partial charge is 0.486 e. The standard InChI is InChI=1S/C20H18BrNO5.C5H12O/c1-2-25-19(24)8-13-4-3-5-17(22-12-23)20(13)27-11-14-10-26-18-7-6-15(21)9-16(14)18;1-5(2,3)6-4/h3-7,9-10,12H,2,8,11H2,1H3,(H,22,23);1-4H3. The lowest BCUT2D eigenvalue weighted by Crippen LogP contribution is -2.15. The van der Waals surface area contributed by atoms with E-state index in [-0.39, 0.29) is 24.6 Å². The summed E-state index contributed by atoms with van der Waals surface area (Å²) in [7, 11) is 1.71. The van der Waals surface area contributed by atoms with Crippen LogP contribution < -0.4 is 10.1 Å². The zero-order chi connectivity index (χ0) is 24.4. The Kier molecular flexibility index (Phi) is 9.94. The van der Waals surface area contributed by atoms with Crippen molar-refractivity contribution in [2.24, 2.45) is 0 Å². The Balaban J connectivity index is 0.000000569. The molecular weight excluding hydrogens is 490 g/mol. The fourth-order valence-corrected chi connectivity index (χ4v) is 3.12. The van der Waals surface area contributed by atoms with E-state index < -0.39 is 0 Å². The van der Waals surface area contributed by atoms with Gasteiger partial charge in [0.2, 0.25) is 6.41 Å². The van der Waals surface area contributed by atoms with Gasteiger partial charge in [-0.2, -0.15) is 0 Å². The van der Waals surface area contributed by atoms with E-state index in [1.165, 1.54) is 0 Å². The first kappa shape index (κ1) is 26.4. The lowest BCUT2D eigenvalue weighted by molar-refractivity contribution is -0.142. The average Bonchev–Trinajstić information content (AvgIpc) is 3.15. The van der Waals surface area contributed by atoms with Crippen LogP contribution in [0.25, 0.3) is 11.0 Å². The van der Waals surface area contributed by atoms with Gasteiger partial charge in [-0.25, -0.2) is 0 Å². The third-order valence-corrected chi connectivity index (χ3v) is 5.04. The number of rotatable bonds is 8. The zero-order valence-electron chi connectivity index (χ0n) is 19.6. The molecule has 7 nitrogen and oxygen atoms in total. The molecule has 8 heteroatoms. The SMILES string of the molecule is CCOC(=O)Cc1cccc(NC=O)c1OCc1coc2ccc(Br)cc12.COC(C)(C)C. The van der Waals surface area contributed by atoms with Crippen LogP contribution in [-0.2, 0) is 32.1 Å². The molecule has 178 valence electrons. The summed E-state index contributed by atoms with van der Waals surface area (Å²) in [4.78, 5) is 22.8. The number of esters is 1. The maximum Gasteiger partial charge on any atom is 0.310 e. The normalized spacial score (nSPS) is 10.8. The molecule has 0 saturated carbocycles. The van der Waals surface area contributed by atoms with Crippen molar-refractivity contribution in [3.05, 3.63) is 58.3 Å². The van der Waals surface area contributed by atoms with E-state index in [1.807, 2.05) is 39.0 Å². The smallest absolute Gasteiger partial charge is 0.310 e. The van der Waals surface area contributed by atoms with Crippen molar-refractivity contribution < 1.29 is 28.2 Å². The van der Waals surface area contributed by atoms with Gasteiger partial charge < -0.3 is 23.9 Å². The van der Waals surface area contributed by atoms with Gasteiger partial charge in [0.25, 0.3) is 0 Å². The van der Waals surface area contributed by atoms with Gasteiger partial charge in [0.05, 0.1) is 30.6 Å².